The molecule has 1 aromatic heterocycles. The van der Waals surface area contributed by atoms with Gasteiger partial charge in [0.1, 0.15) is 0 Å². The third kappa shape index (κ3) is 1.87. The van der Waals surface area contributed by atoms with Crippen molar-refractivity contribution in [3.8, 4) is 0 Å². The topological polar surface area (TPSA) is 57.6 Å². The average Bonchev–Trinajstić information content (AvgIpc) is 3.32. The van der Waals surface area contributed by atoms with Crippen LogP contribution in [0.2, 0.25) is 0 Å². The summed E-state index contributed by atoms with van der Waals surface area (Å²) >= 11 is 1.73. The third-order valence-corrected chi connectivity index (χ3v) is 6.11. The summed E-state index contributed by atoms with van der Waals surface area (Å²) in [7, 11) is 0. The van der Waals surface area contributed by atoms with Gasteiger partial charge in [-0.2, -0.15) is 0 Å². The van der Waals surface area contributed by atoms with Gasteiger partial charge in [0.05, 0.1) is 5.92 Å². The molecule has 4 nitrogen and oxygen atoms in total. The lowest BCUT2D eigenvalue weighted by molar-refractivity contribution is -0.139. The number of nitrogens with zero attached hydrogens (tertiary/aromatic N) is 1. The minimum Gasteiger partial charge on any atom is -0.481 e. The molecule has 0 bridgehead atoms. The van der Waals surface area contributed by atoms with Crippen LogP contribution in [0.4, 0.5) is 0 Å². The Kier molecular flexibility index (Phi) is 2.67. The van der Waals surface area contributed by atoms with Gasteiger partial charge in [-0.15, -0.1) is 11.3 Å². The molecule has 2 saturated carbocycles. The lowest BCUT2D eigenvalue weighted by Crippen LogP contribution is -2.38. The molecule has 3 fully saturated rings. The molecule has 1 N–H and O–H groups in total. The zero-order valence-corrected chi connectivity index (χ0v) is 11.9. The van der Waals surface area contributed by atoms with Gasteiger partial charge in [-0.1, -0.05) is 6.07 Å². The van der Waals surface area contributed by atoms with E-state index in [0.29, 0.717) is 18.4 Å². The zero-order chi connectivity index (χ0) is 13.9. The van der Waals surface area contributed by atoms with Crippen LogP contribution in [-0.2, 0) is 9.59 Å². The van der Waals surface area contributed by atoms with Crippen LogP contribution in [0, 0.1) is 23.7 Å². The maximum absolute atomic E-state index is 12.5. The quantitative estimate of drug-likeness (QED) is 0.927. The number of carbonyl (C=O) groups excluding carboxylic acids is 1. The molecule has 0 unspecified atom stereocenters. The molecule has 1 saturated heterocycles. The molecule has 0 spiro atoms. The highest BCUT2D eigenvalue weighted by Crippen LogP contribution is 2.54. The maximum atomic E-state index is 12.5. The van der Waals surface area contributed by atoms with Crippen molar-refractivity contribution in [2.45, 2.75) is 18.8 Å². The molecule has 2 aliphatic carbocycles. The number of carboxylic acids is 1. The van der Waals surface area contributed by atoms with Crippen LogP contribution in [0.1, 0.15) is 23.6 Å². The Labute approximate surface area is 121 Å². The molecule has 1 aliphatic heterocycles. The number of rotatable bonds is 3. The molecule has 0 aromatic carbocycles. The first-order valence-corrected chi connectivity index (χ1v) is 8.10. The molecule has 20 heavy (non-hydrogen) atoms. The van der Waals surface area contributed by atoms with Gasteiger partial charge in [0.15, 0.2) is 0 Å². The van der Waals surface area contributed by atoms with E-state index in [1.165, 1.54) is 4.88 Å². The third-order valence-electron chi connectivity index (χ3n) is 5.11. The van der Waals surface area contributed by atoms with E-state index in [-0.39, 0.29) is 23.7 Å². The van der Waals surface area contributed by atoms with E-state index >= 15 is 0 Å². The molecular weight excluding hydrogens is 274 g/mol. The highest BCUT2D eigenvalue weighted by Gasteiger charge is 2.58. The smallest absolute Gasteiger partial charge is 0.307 e. The van der Waals surface area contributed by atoms with Crippen molar-refractivity contribution < 1.29 is 14.7 Å². The molecule has 5 atom stereocenters. The molecule has 1 aromatic rings. The fourth-order valence-corrected chi connectivity index (χ4v) is 4.73. The first-order chi connectivity index (χ1) is 9.66. The van der Waals surface area contributed by atoms with Crippen molar-refractivity contribution in [2.75, 3.05) is 13.1 Å². The fraction of sp³-hybridized carbons (Fsp3) is 0.600. The molecule has 5 heteroatoms. The lowest BCUT2D eigenvalue weighted by Gasteiger charge is -2.26. The average molecular weight is 291 g/mol. The van der Waals surface area contributed by atoms with Crippen LogP contribution in [0.3, 0.4) is 0 Å². The molecule has 4 rings (SSSR count). The largest absolute Gasteiger partial charge is 0.481 e. The minimum atomic E-state index is -0.683. The Morgan fingerprint density at radius 2 is 2.20 bits per heavy atom. The molecular formula is C15H17NO3S. The number of amides is 1. The number of likely N-dealkylation sites (tertiary alicyclic amines) is 1. The van der Waals surface area contributed by atoms with E-state index in [9.17, 15) is 9.59 Å². The Morgan fingerprint density at radius 1 is 1.35 bits per heavy atom. The van der Waals surface area contributed by atoms with Gasteiger partial charge < -0.3 is 10.0 Å². The number of fused-ring (bicyclic) bond motifs is 1. The van der Waals surface area contributed by atoms with Gasteiger partial charge in [0.2, 0.25) is 5.91 Å². The summed E-state index contributed by atoms with van der Waals surface area (Å²) in [6.07, 6.45) is 1.83. The van der Waals surface area contributed by atoms with Crippen LogP contribution in [0.15, 0.2) is 17.5 Å². The van der Waals surface area contributed by atoms with Gasteiger partial charge in [0, 0.05) is 29.8 Å². The molecule has 2 heterocycles. The van der Waals surface area contributed by atoms with Crippen molar-refractivity contribution >= 4 is 23.2 Å². The van der Waals surface area contributed by atoms with Crippen molar-refractivity contribution in [1.29, 1.82) is 0 Å². The molecule has 3 aliphatic rings. The van der Waals surface area contributed by atoms with E-state index in [0.717, 1.165) is 19.4 Å². The summed E-state index contributed by atoms with van der Waals surface area (Å²) in [4.78, 5) is 26.8. The summed E-state index contributed by atoms with van der Waals surface area (Å²) in [5, 5.41) is 11.2. The van der Waals surface area contributed by atoms with Crippen molar-refractivity contribution in [1.82, 2.24) is 4.90 Å². The number of carboxylic acid groups (broad SMARTS) is 1. The number of hydrogen-bond acceptors (Lipinski definition) is 3. The van der Waals surface area contributed by atoms with E-state index in [1.807, 2.05) is 11.0 Å². The van der Waals surface area contributed by atoms with E-state index < -0.39 is 5.97 Å². The van der Waals surface area contributed by atoms with Gasteiger partial charge in [-0.25, -0.2) is 0 Å². The van der Waals surface area contributed by atoms with Gasteiger partial charge >= 0.3 is 5.97 Å². The second-order valence-corrected chi connectivity index (χ2v) is 7.21. The first kappa shape index (κ1) is 12.4. The van der Waals surface area contributed by atoms with E-state index in [1.54, 1.807) is 11.3 Å². The summed E-state index contributed by atoms with van der Waals surface area (Å²) in [6.45, 7) is 1.41. The number of thiophene rings is 1. The number of hydrogen-bond donors (Lipinski definition) is 1. The molecule has 1 amide bonds. The van der Waals surface area contributed by atoms with Crippen LogP contribution in [0.25, 0.3) is 0 Å². The standard InChI is InChI=1S/C15H17NO3S/c17-14(10-6-9(10)12-2-1-5-20-12)16-4-3-8-11(7-16)13(8)15(18)19/h1-2,5,8-11,13H,3-4,6-7H2,(H,18,19)/t8-,9-,10-,11+,13-/m1/s1. The highest BCUT2D eigenvalue weighted by atomic mass is 32.1. The van der Waals surface area contributed by atoms with Gasteiger partial charge in [0.25, 0.3) is 0 Å². The predicted octanol–water partition coefficient (Wildman–Crippen LogP) is 2.03. The lowest BCUT2D eigenvalue weighted by atomic mass is 10.1. The summed E-state index contributed by atoms with van der Waals surface area (Å²) in [5.74, 6) is 0.463. The SMILES string of the molecule is O=C(O)[C@@H]1[C@@H]2CCN(C(=O)[C@@H]3C[C@H]3c3cccs3)C[C@@H]21. The predicted molar refractivity (Wildman–Crippen MR) is 74.5 cm³/mol. The zero-order valence-electron chi connectivity index (χ0n) is 11.1. The van der Waals surface area contributed by atoms with E-state index in [2.05, 4.69) is 11.4 Å². The highest BCUT2D eigenvalue weighted by molar-refractivity contribution is 7.10. The Morgan fingerprint density at radius 3 is 2.90 bits per heavy atom. The Balaban J connectivity index is 1.38. The Bertz CT molecular complexity index is 555. The number of piperidine rings is 1. The van der Waals surface area contributed by atoms with Crippen molar-refractivity contribution in [3.63, 3.8) is 0 Å². The second kappa shape index (κ2) is 4.32. The minimum absolute atomic E-state index is 0.146. The summed E-state index contributed by atoms with van der Waals surface area (Å²) in [5.41, 5.74) is 0. The van der Waals surface area contributed by atoms with Crippen molar-refractivity contribution in [3.05, 3.63) is 22.4 Å². The monoisotopic (exact) mass is 291 g/mol. The fourth-order valence-electron chi connectivity index (χ4n) is 3.82. The van der Waals surface area contributed by atoms with E-state index in [4.69, 9.17) is 5.11 Å². The summed E-state index contributed by atoms with van der Waals surface area (Å²) in [6, 6.07) is 4.14. The van der Waals surface area contributed by atoms with Crippen molar-refractivity contribution in [2.24, 2.45) is 23.7 Å². The van der Waals surface area contributed by atoms with Crippen LogP contribution >= 0.6 is 11.3 Å². The van der Waals surface area contributed by atoms with Gasteiger partial charge in [-0.3, -0.25) is 9.59 Å². The molecule has 0 radical (unpaired) electrons. The Hall–Kier alpha value is -1.36. The van der Waals surface area contributed by atoms with Crippen LogP contribution < -0.4 is 0 Å². The summed E-state index contributed by atoms with van der Waals surface area (Å²) < 4.78 is 0. The molecule has 106 valence electrons. The maximum Gasteiger partial charge on any atom is 0.307 e. The van der Waals surface area contributed by atoms with Gasteiger partial charge in [-0.05, 0) is 36.1 Å². The van der Waals surface area contributed by atoms with Crippen LogP contribution in [-0.4, -0.2) is 35.0 Å². The normalized spacial score (nSPS) is 38.2. The number of aliphatic carboxylic acids is 1. The van der Waals surface area contributed by atoms with Crippen LogP contribution in [0.5, 0.6) is 0 Å². The second-order valence-electron chi connectivity index (χ2n) is 6.23. The number of carbonyl (C=O) groups is 2. The first-order valence-electron chi connectivity index (χ1n) is 7.22.